The molecule has 2 rings (SSSR count). The molecule has 1 aliphatic carbocycles. The number of likely N-dealkylation sites (N-methyl/N-ethyl adjacent to an activating group) is 1. The van der Waals surface area contributed by atoms with Gasteiger partial charge >= 0.3 is 0 Å². The predicted octanol–water partition coefficient (Wildman–Crippen LogP) is 2.03. The van der Waals surface area contributed by atoms with E-state index in [0.29, 0.717) is 18.5 Å². The largest absolute Gasteiger partial charge is 0.334 e. The van der Waals surface area contributed by atoms with Crippen LogP contribution in [0.2, 0.25) is 0 Å². The normalized spacial score (nSPS) is 16.3. The first kappa shape index (κ1) is 13.1. The molecule has 0 radical (unpaired) electrons. The van der Waals surface area contributed by atoms with E-state index in [9.17, 15) is 4.79 Å². The molecule has 1 aromatic rings. The minimum absolute atomic E-state index is 0.195. The summed E-state index contributed by atoms with van der Waals surface area (Å²) in [7, 11) is 1.82. The zero-order valence-electron chi connectivity index (χ0n) is 11.2. The van der Waals surface area contributed by atoms with Crippen LogP contribution < -0.4 is 5.32 Å². The molecule has 1 fully saturated rings. The summed E-state index contributed by atoms with van der Waals surface area (Å²) in [5, 5.41) is 2.96. The molecule has 98 valence electrons. The van der Waals surface area contributed by atoms with Crippen LogP contribution in [0.4, 0.5) is 0 Å². The lowest BCUT2D eigenvalue weighted by Crippen LogP contribution is -2.43. The fourth-order valence-electron chi connectivity index (χ4n) is 2.33. The zero-order valence-corrected chi connectivity index (χ0v) is 11.2. The fourth-order valence-corrected chi connectivity index (χ4v) is 2.33. The molecule has 1 aliphatic rings. The lowest BCUT2D eigenvalue weighted by atomic mass is 10.1. The number of amides is 1. The van der Waals surface area contributed by atoms with Crippen LogP contribution in [0.5, 0.6) is 0 Å². The number of rotatable bonds is 6. The van der Waals surface area contributed by atoms with Crippen molar-refractivity contribution in [3.63, 3.8) is 0 Å². The number of carbonyl (C=O) groups is 1. The number of hydrogen-bond acceptors (Lipinski definition) is 2. The van der Waals surface area contributed by atoms with Gasteiger partial charge in [-0.3, -0.25) is 4.79 Å². The highest BCUT2D eigenvalue weighted by Crippen LogP contribution is 2.35. The third-order valence-corrected chi connectivity index (χ3v) is 3.64. The highest BCUT2D eigenvalue weighted by molar-refractivity contribution is 5.78. The van der Waals surface area contributed by atoms with Crippen molar-refractivity contribution < 1.29 is 4.79 Å². The summed E-state index contributed by atoms with van der Waals surface area (Å²) in [6.07, 6.45) is 2.53. The quantitative estimate of drug-likeness (QED) is 0.833. The molecule has 1 aromatic carbocycles. The van der Waals surface area contributed by atoms with E-state index in [-0.39, 0.29) is 5.91 Å². The van der Waals surface area contributed by atoms with Crippen LogP contribution in [0.1, 0.15) is 25.3 Å². The molecular formula is C15H22N2O. The molecule has 0 heterocycles. The molecule has 1 amide bonds. The van der Waals surface area contributed by atoms with E-state index < -0.39 is 0 Å². The van der Waals surface area contributed by atoms with Crippen molar-refractivity contribution in [1.82, 2.24) is 10.2 Å². The van der Waals surface area contributed by atoms with Gasteiger partial charge in [-0.15, -0.1) is 0 Å². The van der Waals surface area contributed by atoms with Gasteiger partial charge in [-0.05, 0) is 38.3 Å². The van der Waals surface area contributed by atoms with E-state index in [1.165, 1.54) is 18.4 Å². The van der Waals surface area contributed by atoms with Crippen LogP contribution in [0.3, 0.4) is 0 Å². The molecule has 1 atom stereocenters. The van der Waals surface area contributed by atoms with E-state index in [0.717, 1.165) is 6.54 Å². The lowest BCUT2D eigenvalue weighted by molar-refractivity contribution is -0.133. The Balaban J connectivity index is 2.06. The van der Waals surface area contributed by atoms with Crippen molar-refractivity contribution in [2.24, 2.45) is 5.92 Å². The molecule has 0 aromatic heterocycles. The Morgan fingerprint density at radius 1 is 1.39 bits per heavy atom. The Hall–Kier alpha value is -1.35. The molecule has 0 spiro atoms. The van der Waals surface area contributed by atoms with Crippen molar-refractivity contribution in [2.75, 3.05) is 13.6 Å². The minimum atomic E-state index is 0.195. The highest BCUT2D eigenvalue weighted by atomic mass is 16.2. The van der Waals surface area contributed by atoms with Gasteiger partial charge < -0.3 is 10.2 Å². The average molecular weight is 246 g/mol. The Bertz CT molecular complexity index is 387. The fraction of sp³-hybridized carbons (Fsp3) is 0.533. The van der Waals surface area contributed by atoms with Crippen molar-refractivity contribution in [2.45, 2.75) is 32.4 Å². The van der Waals surface area contributed by atoms with E-state index in [1.54, 1.807) is 0 Å². The van der Waals surface area contributed by atoms with Crippen LogP contribution in [0.15, 0.2) is 30.3 Å². The molecule has 1 unspecified atom stereocenters. The van der Waals surface area contributed by atoms with Crippen molar-refractivity contribution in [3.05, 3.63) is 35.9 Å². The maximum Gasteiger partial charge on any atom is 0.237 e. The molecular weight excluding hydrogens is 224 g/mol. The van der Waals surface area contributed by atoms with Gasteiger partial charge in [0.2, 0.25) is 5.91 Å². The summed E-state index contributed by atoms with van der Waals surface area (Å²) < 4.78 is 0. The summed E-state index contributed by atoms with van der Waals surface area (Å²) in [5.74, 6) is 0.898. The molecule has 1 N–H and O–H groups in total. The van der Waals surface area contributed by atoms with Gasteiger partial charge in [0.1, 0.15) is 0 Å². The maximum absolute atomic E-state index is 12.2. The van der Waals surface area contributed by atoms with Crippen molar-refractivity contribution in [1.29, 1.82) is 0 Å². The Morgan fingerprint density at radius 3 is 2.61 bits per heavy atom. The Morgan fingerprint density at radius 2 is 2.06 bits per heavy atom. The molecule has 0 saturated heterocycles. The van der Waals surface area contributed by atoms with Gasteiger partial charge in [0.05, 0.1) is 6.54 Å². The predicted molar refractivity (Wildman–Crippen MR) is 73.1 cm³/mol. The van der Waals surface area contributed by atoms with Crippen LogP contribution in [-0.2, 0) is 11.3 Å². The summed E-state index contributed by atoms with van der Waals surface area (Å²) in [4.78, 5) is 14.2. The molecule has 0 bridgehead atoms. The third kappa shape index (κ3) is 3.33. The Kier molecular flexibility index (Phi) is 4.37. The monoisotopic (exact) mass is 246 g/mol. The van der Waals surface area contributed by atoms with Gasteiger partial charge in [-0.1, -0.05) is 30.3 Å². The van der Waals surface area contributed by atoms with Crippen LogP contribution in [0, 0.1) is 5.92 Å². The summed E-state index contributed by atoms with van der Waals surface area (Å²) in [5.41, 5.74) is 1.20. The van der Waals surface area contributed by atoms with Gasteiger partial charge in [0, 0.05) is 12.6 Å². The standard InChI is InChI=1S/C15H22N2O/c1-12(14-8-9-14)17(15(18)10-16-2)11-13-6-4-3-5-7-13/h3-7,12,14,16H,8-11H2,1-2H3. The van der Waals surface area contributed by atoms with Gasteiger partial charge in [0.25, 0.3) is 0 Å². The molecule has 18 heavy (non-hydrogen) atoms. The Labute approximate surface area is 109 Å². The van der Waals surface area contributed by atoms with Crippen LogP contribution in [-0.4, -0.2) is 30.4 Å². The lowest BCUT2D eigenvalue weighted by Gasteiger charge is -2.29. The summed E-state index contributed by atoms with van der Waals surface area (Å²) >= 11 is 0. The van der Waals surface area contributed by atoms with Gasteiger partial charge in [-0.2, -0.15) is 0 Å². The van der Waals surface area contributed by atoms with Crippen LogP contribution in [0.25, 0.3) is 0 Å². The van der Waals surface area contributed by atoms with E-state index in [4.69, 9.17) is 0 Å². The number of nitrogens with one attached hydrogen (secondary N) is 1. The molecule has 1 saturated carbocycles. The first-order chi connectivity index (χ1) is 8.72. The zero-order chi connectivity index (χ0) is 13.0. The number of carbonyl (C=O) groups excluding carboxylic acids is 1. The molecule has 0 aliphatic heterocycles. The highest BCUT2D eigenvalue weighted by Gasteiger charge is 2.33. The third-order valence-electron chi connectivity index (χ3n) is 3.64. The van der Waals surface area contributed by atoms with Crippen molar-refractivity contribution >= 4 is 5.91 Å². The second-order valence-corrected chi connectivity index (χ2v) is 5.12. The van der Waals surface area contributed by atoms with Gasteiger partial charge in [-0.25, -0.2) is 0 Å². The number of benzene rings is 1. The molecule has 3 heteroatoms. The van der Waals surface area contributed by atoms with E-state index >= 15 is 0 Å². The maximum atomic E-state index is 12.2. The van der Waals surface area contributed by atoms with Gasteiger partial charge in [0.15, 0.2) is 0 Å². The van der Waals surface area contributed by atoms with Crippen LogP contribution >= 0.6 is 0 Å². The first-order valence-corrected chi connectivity index (χ1v) is 6.70. The molecule has 3 nitrogen and oxygen atoms in total. The average Bonchev–Trinajstić information content (AvgIpc) is 3.21. The number of hydrogen-bond donors (Lipinski definition) is 1. The van der Waals surface area contributed by atoms with Crippen molar-refractivity contribution in [3.8, 4) is 0 Å². The summed E-state index contributed by atoms with van der Waals surface area (Å²) in [6, 6.07) is 10.6. The first-order valence-electron chi connectivity index (χ1n) is 6.70. The number of nitrogens with zero attached hydrogens (tertiary/aromatic N) is 1. The second kappa shape index (κ2) is 6.01. The van der Waals surface area contributed by atoms with E-state index in [1.807, 2.05) is 30.1 Å². The minimum Gasteiger partial charge on any atom is -0.334 e. The topological polar surface area (TPSA) is 32.3 Å². The summed E-state index contributed by atoms with van der Waals surface area (Å²) in [6.45, 7) is 3.32. The van der Waals surface area contributed by atoms with E-state index in [2.05, 4.69) is 24.4 Å². The second-order valence-electron chi connectivity index (χ2n) is 5.12. The SMILES string of the molecule is CNCC(=O)N(Cc1ccccc1)C(C)C1CC1. The smallest absolute Gasteiger partial charge is 0.237 e.